The van der Waals surface area contributed by atoms with Crippen LogP contribution in [-0.2, 0) is 0 Å². The Kier molecular flexibility index (Phi) is 4.87. The molecular weight excluding hydrogens is 277 g/mol. The van der Waals surface area contributed by atoms with Crippen molar-refractivity contribution in [2.24, 2.45) is 5.73 Å². The predicted molar refractivity (Wildman–Crippen MR) is 84.0 cm³/mol. The third kappa shape index (κ3) is 3.50. The largest absolute Gasteiger partial charge is 0.330 e. The molecule has 1 nitrogen and oxygen atoms in total. The molecule has 1 atom stereocenters. The van der Waals surface area contributed by atoms with Crippen LogP contribution in [0.1, 0.15) is 24.8 Å². The van der Waals surface area contributed by atoms with E-state index in [4.69, 9.17) is 28.9 Å². The van der Waals surface area contributed by atoms with Crippen molar-refractivity contribution in [1.82, 2.24) is 0 Å². The minimum absolute atomic E-state index is 0.431. The first-order valence-corrected chi connectivity index (χ1v) is 7.13. The summed E-state index contributed by atoms with van der Waals surface area (Å²) < 4.78 is 0. The lowest BCUT2D eigenvalue weighted by molar-refractivity contribution is 0.690. The molecule has 100 valence electrons. The van der Waals surface area contributed by atoms with E-state index in [1.807, 2.05) is 30.3 Å². The van der Waals surface area contributed by atoms with Crippen molar-refractivity contribution in [1.29, 1.82) is 0 Å². The fourth-order valence-corrected chi connectivity index (χ4v) is 2.56. The lowest BCUT2D eigenvalue weighted by atomic mass is 9.94. The number of hydrogen-bond acceptors (Lipinski definition) is 1. The molecule has 2 N–H and O–H groups in total. The van der Waals surface area contributed by atoms with Crippen LogP contribution in [0.5, 0.6) is 0 Å². The summed E-state index contributed by atoms with van der Waals surface area (Å²) in [5.41, 5.74) is 8.94. The Morgan fingerprint density at radius 2 is 1.89 bits per heavy atom. The maximum absolute atomic E-state index is 6.30. The molecule has 0 radical (unpaired) electrons. The normalized spacial score (nSPS) is 12.4. The van der Waals surface area contributed by atoms with Crippen molar-refractivity contribution in [2.75, 3.05) is 6.54 Å². The summed E-state index contributed by atoms with van der Waals surface area (Å²) in [4.78, 5) is 0. The van der Waals surface area contributed by atoms with E-state index in [9.17, 15) is 0 Å². The first-order valence-electron chi connectivity index (χ1n) is 6.37. The van der Waals surface area contributed by atoms with Crippen molar-refractivity contribution >= 4 is 23.2 Å². The van der Waals surface area contributed by atoms with Gasteiger partial charge in [-0.3, -0.25) is 0 Å². The zero-order chi connectivity index (χ0) is 13.8. The Bertz CT molecular complexity index is 566. The Morgan fingerprint density at radius 3 is 2.58 bits per heavy atom. The van der Waals surface area contributed by atoms with Crippen molar-refractivity contribution in [3.05, 3.63) is 58.1 Å². The van der Waals surface area contributed by atoms with Gasteiger partial charge >= 0.3 is 0 Å². The van der Waals surface area contributed by atoms with E-state index in [1.165, 1.54) is 5.56 Å². The van der Waals surface area contributed by atoms with Crippen LogP contribution in [0.4, 0.5) is 0 Å². The van der Waals surface area contributed by atoms with E-state index < -0.39 is 0 Å². The van der Waals surface area contributed by atoms with Gasteiger partial charge < -0.3 is 5.73 Å². The lowest BCUT2D eigenvalue weighted by Crippen LogP contribution is -2.04. The molecule has 1 unspecified atom stereocenters. The summed E-state index contributed by atoms with van der Waals surface area (Å²) in [5, 5.41) is 1.46. The van der Waals surface area contributed by atoms with Gasteiger partial charge in [0.2, 0.25) is 0 Å². The van der Waals surface area contributed by atoms with Gasteiger partial charge in [-0.25, -0.2) is 0 Å². The molecule has 0 aromatic heterocycles. The van der Waals surface area contributed by atoms with E-state index in [-0.39, 0.29) is 0 Å². The minimum atomic E-state index is 0.431. The third-order valence-electron chi connectivity index (χ3n) is 3.29. The highest BCUT2D eigenvalue weighted by atomic mass is 35.5. The van der Waals surface area contributed by atoms with Crippen molar-refractivity contribution < 1.29 is 0 Å². The molecule has 0 saturated carbocycles. The number of hydrogen-bond donors (Lipinski definition) is 1. The molecule has 3 heteroatoms. The Hall–Kier alpha value is -1.02. The van der Waals surface area contributed by atoms with Crippen LogP contribution < -0.4 is 5.73 Å². The first kappa shape index (κ1) is 14.4. The monoisotopic (exact) mass is 293 g/mol. The van der Waals surface area contributed by atoms with Crippen molar-refractivity contribution in [3.63, 3.8) is 0 Å². The van der Waals surface area contributed by atoms with Crippen LogP contribution in [-0.4, -0.2) is 6.54 Å². The van der Waals surface area contributed by atoms with Gasteiger partial charge in [0.25, 0.3) is 0 Å². The number of benzene rings is 2. The first-order chi connectivity index (χ1) is 9.11. The fraction of sp³-hybridized carbons (Fsp3) is 0.250. The average molecular weight is 294 g/mol. The molecule has 0 aliphatic carbocycles. The molecule has 0 amide bonds. The zero-order valence-electron chi connectivity index (χ0n) is 10.9. The maximum Gasteiger partial charge on any atom is 0.0484 e. The molecule has 0 saturated heterocycles. The highest BCUT2D eigenvalue weighted by Crippen LogP contribution is 2.32. The van der Waals surface area contributed by atoms with Crippen molar-refractivity contribution in [2.45, 2.75) is 19.3 Å². The maximum atomic E-state index is 6.30. The minimum Gasteiger partial charge on any atom is -0.330 e. The molecule has 0 aliphatic heterocycles. The third-order valence-corrected chi connectivity index (χ3v) is 3.86. The van der Waals surface area contributed by atoms with Crippen LogP contribution in [0.15, 0.2) is 42.5 Å². The number of rotatable bonds is 4. The quantitative estimate of drug-likeness (QED) is 0.832. The van der Waals surface area contributed by atoms with E-state index in [0.29, 0.717) is 17.5 Å². The molecule has 0 fully saturated rings. The Labute approximate surface area is 124 Å². The molecule has 2 rings (SSSR count). The van der Waals surface area contributed by atoms with E-state index >= 15 is 0 Å². The smallest absolute Gasteiger partial charge is 0.0484 e. The van der Waals surface area contributed by atoms with Gasteiger partial charge in [-0.15, -0.1) is 0 Å². The summed E-state index contributed by atoms with van der Waals surface area (Å²) in [6, 6.07) is 13.9. The van der Waals surface area contributed by atoms with Gasteiger partial charge in [0.15, 0.2) is 0 Å². The van der Waals surface area contributed by atoms with Crippen LogP contribution in [0.3, 0.4) is 0 Å². The van der Waals surface area contributed by atoms with Gasteiger partial charge in [0, 0.05) is 15.6 Å². The Balaban J connectivity index is 2.42. The van der Waals surface area contributed by atoms with Gasteiger partial charge in [0.05, 0.1) is 0 Å². The van der Waals surface area contributed by atoms with Gasteiger partial charge in [-0.2, -0.15) is 0 Å². The van der Waals surface area contributed by atoms with Gasteiger partial charge in [-0.05, 0) is 54.3 Å². The summed E-state index contributed by atoms with van der Waals surface area (Å²) in [7, 11) is 0. The van der Waals surface area contributed by atoms with E-state index in [2.05, 4.69) is 19.1 Å². The van der Waals surface area contributed by atoms with Gasteiger partial charge in [0.1, 0.15) is 0 Å². The highest BCUT2D eigenvalue weighted by molar-refractivity contribution is 6.33. The van der Waals surface area contributed by atoms with Gasteiger partial charge in [-0.1, -0.05) is 48.3 Å². The number of halogens is 2. The summed E-state index contributed by atoms with van der Waals surface area (Å²) in [5.74, 6) is 0.431. The molecule has 0 heterocycles. The molecule has 19 heavy (non-hydrogen) atoms. The summed E-state index contributed by atoms with van der Waals surface area (Å²) in [6.07, 6.45) is 0.969. The average Bonchev–Trinajstić information content (AvgIpc) is 2.39. The molecule has 0 spiro atoms. The van der Waals surface area contributed by atoms with E-state index in [0.717, 1.165) is 22.6 Å². The zero-order valence-corrected chi connectivity index (χ0v) is 12.4. The van der Waals surface area contributed by atoms with E-state index in [1.54, 1.807) is 0 Å². The van der Waals surface area contributed by atoms with Crippen molar-refractivity contribution in [3.8, 4) is 11.1 Å². The lowest BCUT2D eigenvalue weighted by Gasteiger charge is -2.13. The molecule has 0 aliphatic rings. The predicted octanol–water partition coefficient (Wildman–Crippen LogP) is 5.11. The fourth-order valence-electron chi connectivity index (χ4n) is 2.14. The number of nitrogens with two attached hydrogens (primary N) is 1. The second kappa shape index (κ2) is 6.42. The van der Waals surface area contributed by atoms with Crippen LogP contribution in [0.2, 0.25) is 10.0 Å². The molecule has 0 bridgehead atoms. The molecule has 2 aromatic carbocycles. The topological polar surface area (TPSA) is 26.0 Å². The summed E-state index contributed by atoms with van der Waals surface area (Å²) >= 11 is 12.3. The van der Waals surface area contributed by atoms with Crippen LogP contribution in [0.25, 0.3) is 11.1 Å². The Morgan fingerprint density at radius 1 is 1.11 bits per heavy atom. The molecule has 2 aromatic rings. The van der Waals surface area contributed by atoms with Crippen LogP contribution in [0, 0.1) is 0 Å². The van der Waals surface area contributed by atoms with Crippen LogP contribution >= 0.6 is 23.2 Å². The second-order valence-corrected chi connectivity index (χ2v) is 5.57. The molecular formula is C16H17Cl2N. The SMILES string of the molecule is CC(CCN)c1ccc(Cl)c(-c2cccc(Cl)c2)c1. The second-order valence-electron chi connectivity index (χ2n) is 4.73. The highest BCUT2D eigenvalue weighted by Gasteiger charge is 2.09. The summed E-state index contributed by atoms with van der Waals surface area (Å²) in [6.45, 7) is 2.87. The standard InChI is InChI=1S/C16H17Cl2N/c1-11(7-8-19)12-5-6-16(18)15(10-12)13-3-2-4-14(17)9-13/h2-6,9-11H,7-8,19H2,1H3.